The van der Waals surface area contributed by atoms with Crippen LogP contribution in [0.3, 0.4) is 0 Å². The molecule has 0 saturated carbocycles. The molecule has 8 nitrogen and oxygen atoms in total. The third-order valence-corrected chi connectivity index (χ3v) is 4.13. The Labute approximate surface area is 164 Å². The molecule has 0 radical (unpaired) electrons. The molecule has 3 rings (SSSR count). The number of benzene rings is 1. The number of carboxylic acid groups (broad SMARTS) is 1. The van der Waals surface area contributed by atoms with E-state index in [0.29, 0.717) is 0 Å². The van der Waals surface area contributed by atoms with Crippen molar-refractivity contribution in [3.63, 3.8) is 0 Å². The van der Waals surface area contributed by atoms with E-state index in [1.165, 1.54) is 13.1 Å². The fourth-order valence-electron chi connectivity index (χ4n) is 2.45. The zero-order valence-electron chi connectivity index (χ0n) is 15.0. The molecule has 3 aromatic rings. The maximum atomic E-state index is 13.8. The van der Waals surface area contributed by atoms with E-state index >= 15 is 0 Å². The van der Waals surface area contributed by atoms with Gasteiger partial charge in [-0.1, -0.05) is 0 Å². The normalized spacial score (nSPS) is 12.1. The molecule has 0 aliphatic rings. The highest BCUT2D eigenvalue weighted by Gasteiger charge is 2.26. The van der Waals surface area contributed by atoms with Gasteiger partial charge in [-0.25, -0.2) is 26.7 Å². The summed E-state index contributed by atoms with van der Waals surface area (Å²) in [4.78, 5) is 23.2. The number of amides is 1. The average Bonchev–Trinajstić information content (AvgIpc) is 3.37. The van der Waals surface area contributed by atoms with Crippen LogP contribution in [0.25, 0.3) is 0 Å². The number of hydrogen-bond acceptors (Lipinski definition) is 4. The van der Waals surface area contributed by atoms with Gasteiger partial charge in [-0.05, 0) is 6.92 Å². The lowest BCUT2D eigenvalue weighted by atomic mass is 10.1. The van der Waals surface area contributed by atoms with E-state index in [9.17, 15) is 31.5 Å². The molecule has 1 aromatic carbocycles. The van der Waals surface area contributed by atoms with Crippen molar-refractivity contribution in [2.45, 2.75) is 19.5 Å². The molecule has 0 aliphatic carbocycles. The van der Waals surface area contributed by atoms with E-state index in [-0.39, 0.29) is 11.3 Å². The highest BCUT2D eigenvalue weighted by molar-refractivity contribution is 6.03. The molecule has 0 aliphatic heterocycles. The van der Waals surface area contributed by atoms with Gasteiger partial charge in [0.15, 0.2) is 23.3 Å². The predicted molar refractivity (Wildman–Crippen MR) is 90.1 cm³/mol. The quantitative estimate of drug-likeness (QED) is 0.357. The van der Waals surface area contributed by atoms with Crippen molar-refractivity contribution in [2.24, 2.45) is 0 Å². The van der Waals surface area contributed by atoms with E-state index in [4.69, 9.17) is 5.11 Å². The molecule has 2 heterocycles. The van der Waals surface area contributed by atoms with Gasteiger partial charge in [0.2, 0.25) is 5.82 Å². The second-order valence-corrected chi connectivity index (χ2v) is 6.15. The second kappa shape index (κ2) is 7.93. The van der Waals surface area contributed by atoms with Gasteiger partial charge >= 0.3 is 5.97 Å². The molecule has 30 heavy (non-hydrogen) atoms. The lowest BCUT2D eigenvalue weighted by Crippen LogP contribution is -2.16. The van der Waals surface area contributed by atoms with Gasteiger partial charge in [-0.2, -0.15) is 10.2 Å². The molecule has 0 bridgehead atoms. The largest absolute Gasteiger partial charge is 0.480 e. The number of anilines is 1. The van der Waals surface area contributed by atoms with Crippen LogP contribution in [0.2, 0.25) is 0 Å². The van der Waals surface area contributed by atoms with Gasteiger partial charge in [0.05, 0.1) is 35.8 Å². The average molecular weight is 429 g/mol. The van der Waals surface area contributed by atoms with Gasteiger partial charge in [0, 0.05) is 12.4 Å². The predicted octanol–water partition coefficient (Wildman–Crippen LogP) is 2.72. The van der Waals surface area contributed by atoms with E-state index in [2.05, 4.69) is 15.5 Å². The summed E-state index contributed by atoms with van der Waals surface area (Å²) < 4.78 is 69.1. The maximum Gasteiger partial charge on any atom is 0.328 e. The minimum absolute atomic E-state index is 0.0237. The molecule has 1 amide bonds. The van der Waals surface area contributed by atoms with E-state index in [1.54, 1.807) is 0 Å². The Morgan fingerprint density at radius 3 is 2.20 bits per heavy atom. The highest BCUT2D eigenvalue weighted by Crippen LogP contribution is 2.24. The minimum Gasteiger partial charge on any atom is -0.480 e. The van der Waals surface area contributed by atoms with Crippen molar-refractivity contribution in [3.8, 4) is 0 Å². The number of rotatable bonds is 6. The van der Waals surface area contributed by atoms with Crippen molar-refractivity contribution >= 4 is 17.6 Å². The molecule has 2 aromatic heterocycles. The first-order chi connectivity index (χ1) is 14.1. The smallest absolute Gasteiger partial charge is 0.328 e. The summed E-state index contributed by atoms with van der Waals surface area (Å²) in [5.41, 5.74) is -1.00. The SMILES string of the molecule is CC(C(=O)O)n1cc(C(=O)Nc2cnn(Cc3c(F)c(F)c(F)c(F)c3F)c2)cn1. The van der Waals surface area contributed by atoms with Crippen LogP contribution in [0.1, 0.15) is 28.9 Å². The zero-order chi connectivity index (χ0) is 22.2. The number of carbonyl (C=O) groups is 2. The molecule has 13 heteroatoms. The Kier molecular flexibility index (Phi) is 5.54. The molecule has 0 spiro atoms. The fourth-order valence-corrected chi connectivity index (χ4v) is 2.45. The van der Waals surface area contributed by atoms with Crippen LogP contribution in [0, 0.1) is 29.1 Å². The number of hydrogen-bond donors (Lipinski definition) is 2. The first-order valence-electron chi connectivity index (χ1n) is 8.21. The number of nitrogens with zero attached hydrogens (tertiary/aromatic N) is 4. The molecule has 1 unspecified atom stereocenters. The summed E-state index contributed by atoms with van der Waals surface area (Å²) in [5, 5.41) is 18.8. The summed E-state index contributed by atoms with van der Waals surface area (Å²) in [5.74, 6) is -12.2. The highest BCUT2D eigenvalue weighted by atomic mass is 19.2. The van der Waals surface area contributed by atoms with Crippen LogP contribution < -0.4 is 5.32 Å². The minimum atomic E-state index is -2.26. The van der Waals surface area contributed by atoms with Gasteiger partial charge in [0.1, 0.15) is 6.04 Å². The monoisotopic (exact) mass is 429 g/mol. The Balaban J connectivity index is 1.75. The van der Waals surface area contributed by atoms with Crippen molar-refractivity contribution in [1.82, 2.24) is 19.6 Å². The lowest BCUT2D eigenvalue weighted by molar-refractivity contribution is -0.140. The topological polar surface area (TPSA) is 102 Å². The van der Waals surface area contributed by atoms with Gasteiger partial charge in [-0.15, -0.1) is 0 Å². The second-order valence-electron chi connectivity index (χ2n) is 6.15. The number of carbonyl (C=O) groups excluding carboxylic acids is 1. The first-order valence-corrected chi connectivity index (χ1v) is 8.21. The number of aromatic nitrogens is 4. The lowest BCUT2D eigenvalue weighted by Gasteiger charge is -2.08. The van der Waals surface area contributed by atoms with Crippen molar-refractivity contribution < 1.29 is 36.6 Å². The molecular formula is C17H12F5N5O3. The van der Waals surface area contributed by atoms with Gasteiger partial charge in [0.25, 0.3) is 5.91 Å². The molecule has 0 fully saturated rings. The third-order valence-electron chi connectivity index (χ3n) is 4.13. The maximum absolute atomic E-state index is 13.8. The van der Waals surface area contributed by atoms with Gasteiger partial charge < -0.3 is 10.4 Å². The van der Waals surface area contributed by atoms with Crippen LogP contribution in [0.5, 0.6) is 0 Å². The number of halogens is 5. The first kappa shape index (κ1) is 21.0. The van der Waals surface area contributed by atoms with Crippen LogP contribution in [-0.2, 0) is 11.3 Å². The van der Waals surface area contributed by atoms with E-state index in [0.717, 1.165) is 28.0 Å². The van der Waals surface area contributed by atoms with Gasteiger partial charge in [-0.3, -0.25) is 14.2 Å². The fraction of sp³-hybridized carbons (Fsp3) is 0.176. The molecule has 1 atom stereocenters. The zero-order valence-corrected chi connectivity index (χ0v) is 15.0. The number of nitrogens with one attached hydrogen (secondary N) is 1. The van der Waals surface area contributed by atoms with Crippen molar-refractivity contribution in [2.75, 3.05) is 5.32 Å². The van der Waals surface area contributed by atoms with Crippen molar-refractivity contribution in [3.05, 3.63) is 65.0 Å². The Morgan fingerprint density at radius 2 is 1.60 bits per heavy atom. The van der Waals surface area contributed by atoms with Crippen LogP contribution >= 0.6 is 0 Å². The Morgan fingerprint density at radius 1 is 1.00 bits per heavy atom. The molecule has 2 N–H and O–H groups in total. The standard InChI is InChI=1S/C17H12F5N5O3/c1-7(17(29)30)27-4-8(2-24-27)16(28)25-9-3-23-26(5-9)6-10-11(18)13(20)15(22)14(21)12(10)19/h2-5,7H,6H2,1H3,(H,25,28)(H,29,30). The van der Waals surface area contributed by atoms with E-state index in [1.807, 2.05) is 0 Å². The third kappa shape index (κ3) is 3.86. The van der Waals surface area contributed by atoms with Crippen LogP contribution in [0.15, 0.2) is 24.8 Å². The summed E-state index contributed by atoms with van der Waals surface area (Å²) in [6, 6.07) is -1.00. The van der Waals surface area contributed by atoms with E-state index < -0.39 is 59.1 Å². The van der Waals surface area contributed by atoms with Crippen molar-refractivity contribution in [1.29, 1.82) is 0 Å². The van der Waals surface area contributed by atoms with Crippen LogP contribution in [0.4, 0.5) is 27.6 Å². The molecule has 158 valence electrons. The number of aliphatic carboxylic acids is 1. The summed E-state index contributed by atoms with van der Waals surface area (Å²) in [6.45, 7) is 0.580. The summed E-state index contributed by atoms with van der Waals surface area (Å²) in [6.07, 6.45) is 4.54. The summed E-state index contributed by atoms with van der Waals surface area (Å²) in [7, 11) is 0. The van der Waals surface area contributed by atoms with Crippen LogP contribution in [-0.4, -0.2) is 36.5 Å². The Hall–Kier alpha value is -3.77. The Bertz CT molecular complexity index is 1110. The molecular weight excluding hydrogens is 417 g/mol. The summed E-state index contributed by atoms with van der Waals surface area (Å²) >= 11 is 0. The molecule has 0 saturated heterocycles. The number of carboxylic acids is 1.